The van der Waals surface area contributed by atoms with Crippen molar-refractivity contribution in [2.75, 3.05) is 0 Å². The summed E-state index contributed by atoms with van der Waals surface area (Å²) in [6, 6.07) is 73.8. The molecular formula is C64H44N2S2. The molecule has 0 unspecified atom stereocenters. The summed E-state index contributed by atoms with van der Waals surface area (Å²) in [6.45, 7) is 8.69. The third kappa shape index (κ3) is 6.14. The van der Waals surface area contributed by atoms with Gasteiger partial charge in [-0.25, -0.2) is 0 Å². The van der Waals surface area contributed by atoms with Crippen LogP contribution in [0.5, 0.6) is 0 Å². The number of benzene rings is 10. The summed E-state index contributed by atoms with van der Waals surface area (Å²) in [4.78, 5) is 0. The second-order valence-electron chi connectivity index (χ2n) is 18.9. The van der Waals surface area contributed by atoms with E-state index in [1.807, 2.05) is 22.7 Å². The van der Waals surface area contributed by atoms with E-state index in [9.17, 15) is 0 Å². The van der Waals surface area contributed by atoms with Gasteiger partial charge in [-0.3, -0.25) is 0 Å². The Balaban J connectivity index is 0.956. The van der Waals surface area contributed by atoms with E-state index >= 15 is 0 Å². The molecule has 0 radical (unpaired) electrons. The average molecular weight is 905 g/mol. The molecule has 14 aromatic rings. The first kappa shape index (κ1) is 39.4. The van der Waals surface area contributed by atoms with E-state index in [-0.39, 0.29) is 0 Å². The quantitative estimate of drug-likeness (QED) is 0.163. The second-order valence-corrected chi connectivity index (χ2v) is 21.1. The van der Waals surface area contributed by atoms with Crippen molar-refractivity contribution in [3.05, 3.63) is 216 Å². The monoisotopic (exact) mass is 904 g/mol. The number of hydrogen-bond donors (Lipinski definition) is 0. The smallest absolute Gasteiger partial charge is 0.0541 e. The Hall–Kier alpha value is -7.76. The molecule has 0 fully saturated rings. The third-order valence-electron chi connectivity index (χ3n) is 14.4. The SMILES string of the molecule is Cc1ccc(-n2c3ccc(-c4ccc5sc6ccc(C)cc6c5c4)cc3c3cc(-c4ccc5c(c4)c4cc(-c6ccc7sc8ccc(C)cc8c7c6)ccc4n5-c4ccc(C)cc4)ccc32)cc1. The lowest BCUT2D eigenvalue weighted by Crippen LogP contribution is -1.94. The van der Waals surface area contributed by atoms with Gasteiger partial charge in [0.1, 0.15) is 0 Å². The Morgan fingerprint density at radius 1 is 0.235 bits per heavy atom. The first-order chi connectivity index (χ1) is 33.3. The van der Waals surface area contributed by atoms with Crippen LogP contribution in [-0.2, 0) is 0 Å². The molecule has 0 saturated heterocycles. The third-order valence-corrected chi connectivity index (χ3v) is 16.7. The normalized spacial score (nSPS) is 12.1. The van der Waals surface area contributed by atoms with Crippen LogP contribution in [0.25, 0.3) is 129 Å². The van der Waals surface area contributed by atoms with Crippen molar-refractivity contribution in [2.24, 2.45) is 0 Å². The molecule has 0 aliphatic rings. The number of aromatic nitrogens is 2. The Morgan fingerprint density at radius 2 is 0.485 bits per heavy atom. The van der Waals surface area contributed by atoms with Crippen molar-refractivity contribution in [2.45, 2.75) is 27.7 Å². The Bertz CT molecular complexity index is 4120. The highest BCUT2D eigenvalue weighted by Crippen LogP contribution is 2.43. The second kappa shape index (κ2) is 14.9. The predicted molar refractivity (Wildman–Crippen MR) is 296 cm³/mol. The van der Waals surface area contributed by atoms with E-state index in [1.165, 1.54) is 151 Å². The zero-order chi connectivity index (χ0) is 45.4. The molecule has 322 valence electrons. The maximum absolute atomic E-state index is 2.44. The van der Waals surface area contributed by atoms with Gasteiger partial charge in [0.2, 0.25) is 0 Å². The summed E-state index contributed by atoms with van der Waals surface area (Å²) >= 11 is 3.76. The van der Waals surface area contributed by atoms with Crippen LogP contribution in [0.3, 0.4) is 0 Å². The first-order valence-corrected chi connectivity index (χ1v) is 25.1. The molecule has 14 rings (SSSR count). The Labute approximate surface area is 402 Å². The highest BCUT2D eigenvalue weighted by atomic mass is 32.1. The summed E-state index contributed by atoms with van der Waals surface area (Å²) < 4.78 is 10.2. The minimum absolute atomic E-state index is 1.17. The molecule has 0 bridgehead atoms. The lowest BCUT2D eigenvalue weighted by Gasteiger charge is -2.10. The van der Waals surface area contributed by atoms with E-state index in [4.69, 9.17) is 0 Å². The number of aryl methyl sites for hydroxylation is 4. The molecule has 2 nitrogen and oxygen atoms in total. The maximum Gasteiger partial charge on any atom is 0.0541 e. The summed E-state index contributed by atoms with van der Waals surface area (Å²) in [5.74, 6) is 0. The van der Waals surface area contributed by atoms with E-state index in [0.717, 1.165) is 0 Å². The largest absolute Gasteiger partial charge is 0.309 e. The topological polar surface area (TPSA) is 9.86 Å². The van der Waals surface area contributed by atoms with Crippen LogP contribution in [0, 0.1) is 27.7 Å². The number of thiophene rings is 2. The highest BCUT2D eigenvalue weighted by Gasteiger charge is 2.19. The van der Waals surface area contributed by atoms with Gasteiger partial charge < -0.3 is 9.13 Å². The fourth-order valence-electron chi connectivity index (χ4n) is 10.9. The van der Waals surface area contributed by atoms with Crippen molar-refractivity contribution in [1.82, 2.24) is 9.13 Å². The zero-order valence-corrected chi connectivity index (χ0v) is 39.8. The van der Waals surface area contributed by atoms with Gasteiger partial charge in [0.25, 0.3) is 0 Å². The van der Waals surface area contributed by atoms with Gasteiger partial charge in [0, 0.05) is 73.3 Å². The van der Waals surface area contributed by atoms with Crippen LogP contribution < -0.4 is 0 Å². The summed E-state index contributed by atoms with van der Waals surface area (Å²) in [7, 11) is 0. The van der Waals surface area contributed by atoms with Crippen LogP contribution >= 0.6 is 22.7 Å². The van der Waals surface area contributed by atoms with Crippen LogP contribution in [0.15, 0.2) is 194 Å². The summed E-state index contributed by atoms with van der Waals surface area (Å²) in [6.07, 6.45) is 0. The van der Waals surface area contributed by atoms with E-state index in [0.29, 0.717) is 0 Å². The molecule has 10 aromatic carbocycles. The van der Waals surface area contributed by atoms with Crippen molar-refractivity contribution >= 4 is 107 Å². The first-order valence-electron chi connectivity index (χ1n) is 23.5. The molecule has 4 aromatic heterocycles. The Kier molecular flexibility index (Phi) is 8.62. The maximum atomic E-state index is 2.44. The minimum atomic E-state index is 1.17. The van der Waals surface area contributed by atoms with Crippen LogP contribution in [0.4, 0.5) is 0 Å². The van der Waals surface area contributed by atoms with Gasteiger partial charge in [0.15, 0.2) is 0 Å². The van der Waals surface area contributed by atoms with Crippen molar-refractivity contribution < 1.29 is 0 Å². The predicted octanol–water partition coefficient (Wildman–Crippen LogP) is 18.9. The molecule has 0 aliphatic carbocycles. The standard InChI is InChI=1S/C64H44N2S2/c1-37-5-17-47(18-6-37)65-57-21-11-41(31-49(57)51-33-43(13-23-59(51)65)45-15-27-63-55(35-45)53-29-39(3)9-25-61(53)67-63)42-12-22-58-50(32-42)52-34-44(14-24-60(52)66(58)48-19-7-38(2)8-20-48)46-16-28-64-56(36-46)54-30-40(4)10-26-62(54)68-64/h5-36H,1-4H3. The lowest BCUT2D eigenvalue weighted by molar-refractivity contribution is 1.17. The van der Waals surface area contributed by atoms with Gasteiger partial charge in [-0.2, -0.15) is 0 Å². The van der Waals surface area contributed by atoms with Gasteiger partial charge >= 0.3 is 0 Å². The van der Waals surface area contributed by atoms with E-state index < -0.39 is 0 Å². The molecule has 0 atom stereocenters. The summed E-state index contributed by atoms with van der Waals surface area (Å²) in [5, 5.41) is 10.3. The van der Waals surface area contributed by atoms with Crippen LogP contribution in [0.1, 0.15) is 22.3 Å². The number of nitrogens with zero attached hydrogens (tertiary/aromatic N) is 2. The van der Waals surface area contributed by atoms with E-state index in [1.54, 1.807) is 0 Å². The fraction of sp³-hybridized carbons (Fsp3) is 0.0625. The van der Waals surface area contributed by atoms with Gasteiger partial charge in [-0.15, -0.1) is 22.7 Å². The van der Waals surface area contributed by atoms with Crippen molar-refractivity contribution in [3.63, 3.8) is 0 Å². The van der Waals surface area contributed by atoms with Gasteiger partial charge in [-0.1, -0.05) is 95.1 Å². The number of hydrogen-bond acceptors (Lipinski definition) is 2. The Morgan fingerprint density at radius 3 is 0.809 bits per heavy atom. The average Bonchev–Trinajstić information content (AvgIpc) is 4.11. The van der Waals surface area contributed by atoms with Crippen LogP contribution in [-0.4, -0.2) is 9.13 Å². The molecule has 0 spiro atoms. The van der Waals surface area contributed by atoms with Crippen molar-refractivity contribution in [1.29, 1.82) is 0 Å². The summed E-state index contributed by atoms with van der Waals surface area (Å²) in [5.41, 5.74) is 19.6. The molecular weight excluding hydrogens is 861 g/mol. The lowest BCUT2D eigenvalue weighted by atomic mass is 9.97. The minimum Gasteiger partial charge on any atom is -0.309 e. The molecule has 0 aliphatic heterocycles. The van der Waals surface area contributed by atoms with E-state index in [2.05, 4.69) is 231 Å². The molecule has 0 saturated carbocycles. The zero-order valence-electron chi connectivity index (χ0n) is 38.2. The molecule has 0 N–H and O–H groups in total. The number of rotatable bonds is 5. The number of fused-ring (bicyclic) bond motifs is 12. The molecule has 4 heteroatoms. The van der Waals surface area contributed by atoms with Gasteiger partial charge in [0.05, 0.1) is 22.1 Å². The van der Waals surface area contributed by atoms with Crippen LogP contribution in [0.2, 0.25) is 0 Å². The molecule has 4 heterocycles. The van der Waals surface area contributed by atoms with Gasteiger partial charge in [-0.05, 0) is 182 Å². The molecule has 0 amide bonds. The van der Waals surface area contributed by atoms with Crippen molar-refractivity contribution in [3.8, 4) is 44.8 Å². The highest BCUT2D eigenvalue weighted by molar-refractivity contribution is 7.26. The molecule has 68 heavy (non-hydrogen) atoms. The fourth-order valence-corrected chi connectivity index (χ4v) is 13.0.